The highest BCUT2D eigenvalue weighted by molar-refractivity contribution is 7.80. The molecule has 4 rings (SSSR count). The van der Waals surface area contributed by atoms with Gasteiger partial charge >= 0.3 is 0 Å². The van der Waals surface area contributed by atoms with Gasteiger partial charge in [0.2, 0.25) is 0 Å². The summed E-state index contributed by atoms with van der Waals surface area (Å²) in [5.74, 6) is 1.21. The highest BCUT2D eigenvalue weighted by Gasteiger charge is 2.26. The Hall–Kier alpha value is -3.06. The summed E-state index contributed by atoms with van der Waals surface area (Å²) in [4.78, 5) is 18.1. The molecule has 1 saturated carbocycles. The second-order valence-corrected chi connectivity index (χ2v) is 8.67. The van der Waals surface area contributed by atoms with Gasteiger partial charge in [-0.15, -0.1) is 0 Å². The van der Waals surface area contributed by atoms with Crippen LogP contribution >= 0.6 is 12.2 Å². The first-order valence-electron chi connectivity index (χ1n) is 10.9. The third kappa shape index (κ3) is 4.72. The topological polar surface area (TPSA) is 66.6 Å². The minimum absolute atomic E-state index is 0.120. The summed E-state index contributed by atoms with van der Waals surface area (Å²) in [5, 5.41) is 4.90. The summed E-state index contributed by atoms with van der Waals surface area (Å²) >= 11 is 5.80. The number of anilines is 1. The number of hydrogen-bond acceptors (Lipinski definition) is 4. The van der Waals surface area contributed by atoms with Crippen LogP contribution in [0.2, 0.25) is 0 Å². The van der Waals surface area contributed by atoms with Crippen LogP contribution in [0.3, 0.4) is 0 Å². The zero-order valence-corrected chi connectivity index (χ0v) is 19.6. The van der Waals surface area contributed by atoms with E-state index in [1.807, 2.05) is 24.3 Å². The van der Waals surface area contributed by atoms with Crippen LogP contribution in [0.1, 0.15) is 36.8 Å². The van der Waals surface area contributed by atoms with Crippen molar-refractivity contribution in [3.05, 3.63) is 63.9 Å². The van der Waals surface area contributed by atoms with E-state index in [1.54, 1.807) is 20.3 Å². The van der Waals surface area contributed by atoms with E-state index in [2.05, 4.69) is 34.3 Å². The maximum atomic E-state index is 12.9. The average molecular weight is 452 g/mol. The average Bonchev–Trinajstić information content (AvgIpc) is 3.32. The fraction of sp³-hybridized carbons (Fsp3) is 0.360. The van der Waals surface area contributed by atoms with Gasteiger partial charge < -0.3 is 24.7 Å². The Morgan fingerprint density at radius 1 is 1.09 bits per heavy atom. The number of fused-ring (bicyclic) bond motifs is 1. The van der Waals surface area contributed by atoms with Crippen molar-refractivity contribution in [2.45, 2.75) is 45.2 Å². The van der Waals surface area contributed by atoms with Gasteiger partial charge in [0, 0.05) is 28.7 Å². The second-order valence-electron chi connectivity index (χ2n) is 8.28. The lowest BCUT2D eigenvalue weighted by molar-refractivity contribution is 0.311. The second kappa shape index (κ2) is 9.61. The Morgan fingerprint density at radius 2 is 1.75 bits per heavy atom. The van der Waals surface area contributed by atoms with Gasteiger partial charge in [-0.3, -0.25) is 4.79 Å². The van der Waals surface area contributed by atoms with E-state index in [-0.39, 0.29) is 5.56 Å². The lowest BCUT2D eigenvalue weighted by Crippen LogP contribution is -2.42. The molecule has 3 aromatic rings. The number of H-pyrrole nitrogens is 1. The van der Waals surface area contributed by atoms with Crippen LogP contribution in [0.5, 0.6) is 11.5 Å². The Bertz CT molecular complexity index is 1170. The van der Waals surface area contributed by atoms with Crippen molar-refractivity contribution in [2.75, 3.05) is 19.5 Å². The molecule has 1 fully saturated rings. The van der Waals surface area contributed by atoms with Crippen molar-refractivity contribution in [3.63, 3.8) is 0 Å². The zero-order valence-electron chi connectivity index (χ0n) is 18.7. The molecular weight excluding hydrogens is 422 g/mol. The molecule has 0 saturated heterocycles. The van der Waals surface area contributed by atoms with Crippen molar-refractivity contribution < 1.29 is 9.47 Å². The number of aromatic nitrogens is 1. The van der Waals surface area contributed by atoms with E-state index >= 15 is 0 Å². The molecule has 0 bridgehead atoms. The van der Waals surface area contributed by atoms with E-state index in [1.165, 1.54) is 18.4 Å². The van der Waals surface area contributed by atoms with Gasteiger partial charge in [-0.25, -0.2) is 0 Å². The number of methoxy groups -OCH3 is 2. The fourth-order valence-corrected chi connectivity index (χ4v) is 4.63. The SMILES string of the molecule is COc1cc2cc(CN(C(=S)Nc3ccc(C)cc3)C3CCCC3)c(=O)[nH]c2cc1OC. The molecule has 0 atom stereocenters. The number of rotatable bonds is 6. The lowest BCUT2D eigenvalue weighted by Gasteiger charge is -2.31. The number of thiocarbonyl (C=S) groups is 1. The van der Waals surface area contributed by atoms with Gasteiger partial charge in [-0.2, -0.15) is 0 Å². The number of aromatic amines is 1. The predicted octanol–water partition coefficient (Wildman–Crippen LogP) is 5.00. The maximum Gasteiger partial charge on any atom is 0.253 e. The van der Waals surface area contributed by atoms with E-state index < -0.39 is 0 Å². The predicted molar refractivity (Wildman–Crippen MR) is 133 cm³/mol. The summed E-state index contributed by atoms with van der Waals surface area (Å²) in [6.45, 7) is 2.51. The van der Waals surface area contributed by atoms with Gasteiger partial charge in [-0.05, 0) is 56.2 Å². The smallest absolute Gasteiger partial charge is 0.253 e. The van der Waals surface area contributed by atoms with E-state index in [0.717, 1.165) is 23.9 Å². The molecule has 168 valence electrons. The third-order valence-electron chi connectivity index (χ3n) is 6.10. The van der Waals surface area contributed by atoms with Crippen LogP contribution in [0, 0.1) is 6.92 Å². The van der Waals surface area contributed by atoms with Crippen molar-refractivity contribution in [1.82, 2.24) is 9.88 Å². The molecule has 1 aliphatic rings. The molecule has 2 aromatic carbocycles. The van der Waals surface area contributed by atoms with E-state index in [0.29, 0.717) is 40.3 Å². The number of aryl methyl sites for hydroxylation is 1. The molecule has 0 radical (unpaired) electrons. The molecule has 1 aliphatic carbocycles. The van der Waals surface area contributed by atoms with Gasteiger partial charge in [0.1, 0.15) is 0 Å². The number of benzene rings is 2. The van der Waals surface area contributed by atoms with Crippen LogP contribution in [-0.4, -0.2) is 35.3 Å². The van der Waals surface area contributed by atoms with Crippen LogP contribution in [-0.2, 0) is 6.54 Å². The van der Waals surface area contributed by atoms with Crippen molar-refractivity contribution in [1.29, 1.82) is 0 Å². The molecule has 0 amide bonds. The Morgan fingerprint density at radius 3 is 2.41 bits per heavy atom. The molecule has 0 spiro atoms. The summed E-state index contributed by atoms with van der Waals surface area (Å²) in [7, 11) is 3.19. The molecule has 2 N–H and O–H groups in total. The highest BCUT2D eigenvalue weighted by atomic mass is 32.1. The van der Waals surface area contributed by atoms with Gasteiger partial charge in [-0.1, -0.05) is 30.5 Å². The number of nitrogens with zero attached hydrogens (tertiary/aromatic N) is 1. The van der Waals surface area contributed by atoms with Crippen LogP contribution in [0.4, 0.5) is 5.69 Å². The first-order valence-corrected chi connectivity index (χ1v) is 11.3. The minimum Gasteiger partial charge on any atom is -0.493 e. The zero-order chi connectivity index (χ0) is 22.7. The Balaban J connectivity index is 1.65. The summed E-state index contributed by atoms with van der Waals surface area (Å²) in [6.07, 6.45) is 4.51. The van der Waals surface area contributed by atoms with Crippen LogP contribution in [0.15, 0.2) is 47.3 Å². The summed E-state index contributed by atoms with van der Waals surface area (Å²) in [5.41, 5.74) is 3.41. The van der Waals surface area contributed by atoms with E-state index in [9.17, 15) is 4.79 Å². The maximum absolute atomic E-state index is 12.9. The van der Waals surface area contributed by atoms with Crippen molar-refractivity contribution in [3.8, 4) is 11.5 Å². The van der Waals surface area contributed by atoms with E-state index in [4.69, 9.17) is 21.7 Å². The summed E-state index contributed by atoms with van der Waals surface area (Å²) < 4.78 is 10.8. The standard InChI is InChI=1S/C25H29N3O3S/c1-16-8-10-19(11-9-16)26-25(32)28(20-6-4-5-7-20)15-18-12-17-13-22(30-2)23(31-3)14-21(17)27-24(18)29/h8-14,20H,4-7,15H2,1-3H3,(H,26,32)(H,27,29). The van der Waals surface area contributed by atoms with Crippen molar-refractivity contribution in [2.24, 2.45) is 0 Å². The number of pyridine rings is 1. The molecule has 7 heteroatoms. The molecule has 6 nitrogen and oxygen atoms in total. The monoisotopic (exact) mass is 451 g/mol. The first kappa shape index (κ1) is 22.1. The van der Waals surface area contributed by atoms with Crippen molar-refractivity contribution >= 4 is 33.9 Å². The molecule has 32 heavy (non-hydrogen) atoms. The molecule has 0 unspecified atom stereocenters. The van der Waals surface area contributed by atoms with Crippen LogP contribution < -0.4 is 20.3 Å². The highest BCUT2D eigenvalue weighted by Crippen LogP contribution is 2.31. The molecular formula is C25H29N3O3S. The molecule has 1 heterocycles. The number of ether oxygens (including phenoxy) is 2. The van der Waals surface area contributed by atoms with Gasteiger partial charge in [0.25, 0.3) is 5.56 Å². The van der Waals surface area contributed by atoms with Gasteiger partial charge in [0.05, 0.1) is 26.3 Å². The molecule has 0 aliphatic heterocycles. The van der Waals surface area contributed by atoms with Crippen LogP contribution in [0.25, 0.3) is 10.9 Å². The first-order chi connectivity index (χ1) is 15.5. The quantitative estimate of drug-likeness (QED) is 0.515. The third-order valence-corrected chi connectivity index (χ3v) is 6.43. The Labute approximate surface area is 193 Å². The van der Waals surface area contributed by atoms with Gasteiger partial charge in [0.15, 0.2) is 16.6 Å². The largest absolute Gasteiger partial charge is 0.493 e. The Kier molecular flexibility index (Phi) is 6.65. The normalized spacial score (nSPS) is 13.8. The fourth-order valence-electron chi connectivity index (χ4n) is 4.29. The molecule has 1 aromatic heterocycles. The number of nitrogens with one attached hydrogen (secondary N) is 2. The lowest BCUT2D eigenvalue weighted by atomic mass is 10.1. The summed E-state index contributed by atoms with van der Waals surface area (Å²) in [6, 6.07) is 14.1. The number of hydrogen-bond donors (Lipinski definition) is 2. The minimum atomic E-state index is -0.120.